The summed E-state index contributed by atoms with van der Waals surface area (Å²) in [5, 5.41) is 0. The van der Waals surface area contributed by atoms with E-state index in [4.69, 9.17) is 4.74 Å². The zero-order valence-electron chi connectivity index (χ0n) is 22.0. The van der Waals surface area contributed by atoms with Crippen molar-refractivity contribution < 1.29 is 9.53 Å². The molecule has 35 heavy (non-hydrogen) atoms. The van der Waals surface area contributed by atoms with Gasteiger partial charge in [0.2, 0.25) is 5.91 Å². The number of hydrogen-bond donors (Lipinski definition) is 0. The van der Waals surface area contributed by atoms with Crippen molar-refractivity contribution in [3.05, 3.63) is 48.2 Å². The lowest BCUT2D eigenvalue weighted by Crippen LogP contribution is -2.66. The molecule has 192 valence electrons. The molecule has 1 unspecified atom stereocenters. The van der Waals surface area contributed by atoms with Crippen LogP contribution in [0.2, 0.25) is 0 Å². The lowest BCUT2D eigenvalue weighted by atomic mass is 9.76. The summed E-state index contributed by atoms with van der Waals surface area (Å²) in [5.74, 6) is 0.922. The van der Waals surface area contributed by atoms with Gasteiger partial charge in [0.25, 0.3) is 0 Å². The van der Waals surface area contributed by atoms with Crippen LogP contribution in [0, 0.1) is 0 Å². The van der Waals surface area contributed by atoms with Crippen LogP contribution in [0.4, 0.5) is 5.82 Å². The van der Waals surface area contributed by atoms with Crippen molar-refractivity contribution in [2.24, 2.45) is 0 Å². The zero-order valence-corrected chi connectivity index (χ0v) is 22.0. The Morgan fingerprint density at radius 2 is 1.91 bits per heavy atom. The number of carbonyl (C=O) groups excluding carboxylic acids is 1. The number of piperazine rings is 1. The Morgan fingerprint density at radius 3 is 2.54 bits per heavy atom. The second-order valence-corrected chi connectivity index (χ2v) is 10.5. The number of nitrogens with zero attached hydrogens (tertiary/aromatic N) is 4. The number of hydrogen-bond acceptors (Lipinski definition) is 5. The number of carbonyl (C=O) groups is 1. The minimum absolute atomic E-state index is 0.0233. The highest BCUT2D eigenvalue weighted by Crippen LogP contribution is 2.46. The van der Waals surface area contributed by atoms with Gasteiger partial charge in [0, 0.05) is 64.0 Å². The zero-order chi connectivity index (χ0) is 24.7. The van der Waals surface area contributed by atoms with Crippen molar-refractivity contribution in [3.63, 3.8) is 0 Å². The number of pyridine rings is 1. The molecule has 4 rings (SSSR count). The van der Waals surface area contributed by atoms with Gasteiger partial charge in [-0.2, -0.15) is 0 Å². The highest BCUT2D eigenvalue weighted by atomic mass is 16.5. The van der Waals surface area contributed by atoms with E-state index in [0.717, 1.165) is 70.8 Å². The van der Waals surface area contributed by atoms with Crippen molar-refractivity contribution in [1.82, 2.24) is 14.8 Å². The third-order valence-corrected chi connectivity index (χ3v) is 8.32. The van der Waals surface area contributed by atoms with Crippen LogP contribution < -0.4 is 4.90 Å². The van der Waals surface area contributed by atoms with Gasteiger partial charge < -0.3 is 4.74 Å². The molecule has 1 aromatic rings. The van der Waals surface area contributed by atoms with Crippen molar-refractivity contribution in [2.45, 2.75) is 76.9 Å². The number of anilines is 1. The summed E-state index contributed by atoms with van der Waals surface area (Å²) in [6, 6.07) is 5.88. The molecule has 1 aromatic heterocycles. The highest BCUT2D eigenvalue weighted by Gasteiger charge is 2.51. The van der Waals surface area contributed by atoms with E-state index in [0.29, 0.717) is 13.0 Å². The van der Waals surface area contributed by atoms with Gasteiger partial charge in [-0.05, 0) is 57.2 Å². The van der Waals surface area contributed by atoms with Crippen LogP contribution >= 0.6 is 0 Å². The number of ether oxygens (including phenoxy) is 1. The van der Waals surface area contributed by atoms with Crippen molar-refractivity contribution in [2.75, 3.05) is 50.8 Å². The smallest absolute Gasteiger partial charge is 0.227 e. The average Bonchev–Trinajstić information content (AvgIpc) is 3.34. The first-order valence-corrected chi connectivity index (χ1v) is 13.6. The molecule has 1 aliphatic carbocycles. The van der Waals surface area contributed by atoms with Gasteiger partial charge >= 0.3 is 0 Å². The lowest BCUT2D eigenvalue weighted by molar-refractivity contribution is -0.141. The quantitative estimate of drug-likeness (QED) is 0.499. The van der Waals surface area contributed by atoms with Crippen LogP contribution in [0.15, 0.2) is 48.2 Å². The molecule has 1 amide bonds. The number of rotatable bonds is 8. The van der Waals surface area contributed by atoms with E-state index >= 15 is 0 Å². The standard InChI is InChI=1S/C29H44N4O2/c1-4-11-25(5-2)22-31-17-19-32(20-18-31)28(15-21-35-29(23-28)13-8-9-14-29)24-33(27(34)6-3)26-12-7-10-16-30-26/h4-5,7,10-12,16H,6,8-9,13-15,17-24H2,1-3H3/b11-4-,25-5+. The Morgan fingerprint density at radius 1 is 1.14 bits per heavy atom. The van der Waals surface area contributed by atoms with Crippen LogP contribution in [-0.2, 0) is 9.53 Å². The van der Waals surface area contributed by atoms with Crippen LogP contribution in [0.1, 0.15) is 65.7 Å². The van der Waals surface area contributed by atoms with Crippen LogP contribution in [0.3, 0.4) is 0 Å². The maximum atomic E-state index is 13.2. The Hall–Kier alpha value is -2.02. The second-order valence-electron chi connectivity index (χ2n) is 10.5. The van der Waals surface area contributed by atoms with Crippen molar-refractivity contribution in [1.29, 1.82) is 0 Å². The lowest BCUT2D eigenvalue weighted by Gasteiger charge is -2.55. The Labute approximate surface area is 212 Å². The van der Waals surface area contributed by atoms with Gasteiger partial charge in [-0.1, -0.05) is 44.1 Å². The second kappa shape index (κ2) is 11.8. The highest BCUT2D eigenvalue weighted by molar-refractivity contribution is 5.92. The normalized spacial score (nSPS) is 26.0. The molecule has 0 N–H and O–H groups in total. The maximum absolute atomic E-state index is 13.2. The van der Waals surface area contributed by atoms with E-state index in [1.807, 2.05) is 30.0 Å². The van der Waals surface area contributed by atoms with E-state index in [9.17, 15) is 4.79 Å². The molecular weight excluding hydrogens is 436 g/mol. The van der Waals surface area contributed by atoms with Crippen molar-refractivity contribution in [3.8, 4) is 0 Å². The SMILES string of the molecule is C/C=C\C(=C/C)CN1CCN(C2(CN(C(=O)CC)c3ccccn3)CCOC3(CCCC3)C2)CC1. The Bertz CT molecular complexity index is 885. The molecule has 6 nitrogen and oxygen atoms in total. The van der Waals surface area contributed by atoms with Gasteiger partial charge in [0.05, 0.1) is 5.60 Å². The predicted octanol–water partition coefficient (Wildman–Crippen LogP) is 4.83. The maximum Gasteiger partial charge on any atom is 0.227 e. The van der Waals surface area contributed by atoms with Gasteiger partial charge in [0.1, 0.15) is 5.82 Å². The molecule has 1 spiro atoms. The summed E-state index contributed by atoms with van der Waals surface area (Å²) >= 11 is 0. The van der Waals surface area contributed by atoms with Gasteiger partial charge in [-0.25, -0.2) is 4.98 Å². The topological polar surface area (TPSA) is 48.9 Å². The summed E-state index contributed by atoms with van der Waals surface area (Å²) < 4.78 is 6.49. The van der Waals surface area contributed by atoms with Gasteiger partial charge in [-0.3, -0.25) is 19.5 Å². The summed E-state index contributed by atoms with van der Waals surface area (Å²) in [4.78, 5) is 25.0. The summed E-state index contributed by atoms with van der Waals surface area (Å²) in [7, 11) is 0. The molecule has 2 aliphatic heterocycles. The van der Waals surface area contributed by atoms with Crippen molar-refractivity contribution >= 4 is 11.7 Å². The molecule has 0 aromatic carbocycles. The molecule has 3 fully saturated rings. The molecule has 1 saturated carbocycles. The summed E-state index contributed by atoms with van der Waals surface area (Å²) in [5.41, 5.74) is 1.27. The van der Waals surface area contributed by atoms with E-state index in [1.165, 1.54) is 18.4 Å². The molecule has 6 heteroatoms. The fourth-order valence-corrected chi connectivity index (χ4v) is 6.43. The molecular formula is C29H44N4O2. The first kappa shape index (κ1) is 26.1. The number of amides is 1. The van der Waals surface area contributed by atoms with E-state index in [2.05, 4.69) is 46.9 Å². The van der Waals surface area contributed by atoms with Crippen LogP contribution in [0.5, 0.6) is 0 Å². The minimum atomic E-state index is -0.0796. The van der Waals surface area contributed by atoms with E-state index in [1.54, 1.807) is 6.20 Å². The Kier molecular flexibility index (Phi) is 8.79. The number of allylic oxidation sites excluding steroid dienone is 2. The first-order chi connectivity index (χ1) is 17.0. The monoisotopic (exact) mass is 480 g/mol. The largest absolute Gasteiger partial charge is 0.375 e. The molecule has 0 radical (unpaired) electrons. The fraction of sp³-hybridized carbons (Fsp3) is 0.655. The minimum Gasteiger partial charge on any atom is -0.375 e. The third kappa shape index (κ3) is 6.04. The summed E-state index contributed by atoms with van der Waals surface area (Å²) in [6.07, 6.45) is 15.6. The fourth-order valence-electron chi connectivity index (χ4n) is 6.43. The summed E-state index contributed by atoms with van der Waals surface area (Å²) in [6.45, 7) is 12.8. The van der Waals surface area contributed by atoms with E-state index < -0.39 is 0 Å². The van der Waals surface area contributed by atoms with Crippen LogP contribution in [0.25, 0.3) is 0 Å². The molecule has 3 aliphatic rings. The Balaban J connectivity index is 1.58. The first-order valence-electron chi connectivity index (χ1n) is 13.6. The molecule has 0 bridgehead atoms. The molecule has 2 saturated heterocycles. The third-order valence-electron chi connectivity index (χ3n) is 8.32. The van der Waals surface area contributed by atoms with Crippen LogP contribution in [-0.4, -0.2) is 77.7 Å². The van der Waals surface area contributed by atoms with Gasteiger partial charge in [0.15, 0.2) is 0 Å². The van der Waals surface area contributed by atoms with E-state index in [-0.39, 0.29) is 17.0 Å². The molecule has 1 atom stereocenters. The number of aromatic nitrogens is 1. The predicted molar refractivity (Wildman–Crippen MR) is 143 cm³/mol. The average molecular weight is 481 g/mol. The van der Waals surface area contributed by atoms with Gasteiger partial charge in [-0.15, -0.1) is 0 Å². The molecule has 3 heterocycles.